The number of esters is 1. The van der Waals surface area contributed by atoms with Crippen molar-refractivity contribution in [3.05, 3.63) is 46.7 Å². The Morgan fingerprint density at radius 1 is 1.16 bits per heavy atom. The highest BCUT2D eigenvalue weighted by atomic mass is 35.5. The van der Waals surface area contributed by atoms with Crippen LogP contribution in [0.1, 0.15) is 19.4 Å². The minimum absolute atomic E-state index is 0.0429. The first-order valence-electron chi connectivity index (χ1n) is 9.01. The van der Waals surface area contributed by atoms with Crippen molar-refractivity contribution in [2.45, 2.75) is 20.0 Å². The summed E-state index contributed by atoms with van der Waals surface area (Å²) in [7, 11) is 1.54. The SMILES string of the molecule is CCOC(=O)C(C)C(=O)Nc1ccc(Oc2c(F)cc(C(F)(F)F)cc2Cl)cc1NC. The number of halogens is 5. The average Bonchev–Trinajstić information content (AvgIpc) is 2.70. The zero-order valence-corrected chi connectivity index (χ0v) is 17.4. The Labute approximate surface area is 180 Å². The first kappa shape index (κ1) is 24.3. The van der Waals surface area contributed by atoms with E-state index in [-0.39, 0.29) is 24.1 Å². The van der Waals surface area contributed by atoms with Crippen LogP contribution in [0.25, 0.3) is 0 Å². The maximum atomic E-state index is 14.2. The molecule has 6 nitrogen and oxygen atoms in total. The van der Waals surface area contributed by atoms with Crippen LogP contribution in [0.5, 0.6) is 11.5 Å². The van der Waals surface area contributed by atoms with Crippen LogP contribution in [-0.4, -0.2) is 25.5 Å². The molecule has 11 heteroatoms. The van der Waals surface area contributed by atoms with Crippen LogP contribution in [0.3, 0.4) is 0 Å². The molecule has 0 spiro atoms. The third-order valence-corrected chi connectivity index (χ3v) is 4.38. The van der Waals surface area contributed by atoms with Gasteiger partial charge in [0.25, 0.3) is 0 Å². The molecule has 2 rings (SSSR count). The Morgan fingerprint density at radius 3 is 2.39 bits per heavy atom. The number of anilines is 2. The number of amides is 1. The number of hydrogen-bond acceptors (Lipinski definition) is 5. The maximum absolute atomic E-state index is 14.2. The summed E-state index contributed by atoms with van der Waals surface area (Å²) in [4.78, 5) is 23.9. The van der Waals surface area contributed by atoms with Crippen LogP contribution < -0.4 is 15.4 Å². The molecule has 2 aromatic carbocycles. The summed E-state index contributed by atoms with van der Waals surface area (Å²) in [6, 6.07) is 4.97. The lowest BCUT2D eigenvalue weighted by Gasteiger charge is -2.16. The average molecular weight is 463 g/mol. The zero-order valence-electron chi connectivity index (χ0n) is 16.7. The third-order valence-electron chi connectivity index (χ3n) is 4.10. The number of alkyl halides is 3. The Hall–Kier alpha value is -3.01. The van der Waals surface area contributed by atoms with Crippen LogP contribution in [0.2, 0.25) is 5.02 Å². The van der Waals surface area contributed by atoms with Crippen molar-refractivity contribution in [2.24, 2.45) is 5.92 Å². The van der Waals surface area contributed by atoms with Crippen molar-refractivity contribution in [1.82, 2.24) is 0 Å². The molecule has 1 unspecified atom stereocenters. The number of rotatable bonds is 7. The van der Waals surface area contributed by atoms with E-state index >= 15 is 0 Å². The molecule has 2 N–H and O–H groups in total. The van der Waals surface area contributed by atoms with Gasteiger partial charge in [0.05, 0.1) is 28.6 Å². The molecule has 0 aliphatic heterocycles. The molecule has 0 fully saturated rings. The van der Waals surface area contributed by atoms with Crippen LogP contribution in [0.4, 0.5) is 28.9 Å². The number of hydrogen-bond donors (Lipinski definition) is 2. The van der Waals surface area contributed by atoms with E-state index in [0.29, 0.717) is 11.8 Å². The topological polar surface area (TPSA) is 76.7 Å². The van der Waals surface area contributed by atoms with Gasteiger partial charge < -0.3 is 20.1 Å². The fourth-order valence-corrected chi connectivity index (χ4v) is 2.70. The van der Waals surface area contributed by atoms with Crippen LogP contribution in [0, 0.1) is 11.7 Å². The molecule has 31 heavy (non-hydrogen) atoms. The molecule has 0 saturated heterocycles. The second kappa shape index (κ2) is 9.86. The summed E-state index contributed by atoms with van der Waals surface area (Å²) < 4.78 is 62.6. The molecule has 1 amide bonds. The van der Waals surface area contributed by atoms with Crippen molar-refractivity contribution >= 4 is 34.9 Å². The molecule has 2 aromatic rings. The fourth-order valence-electron chi connectivity index (χ4n) is 2.46. The van der Waals surface area contributed by atoms with E-state index in [1.807, 2.05) is 0 Å². The fraction of sp³-hybridized carbons (Fsp3) is 0.300. The minimum Gasteiger partial charge on any atom is -0.465 e. The quantitative estimate of drug-likeness (QED) is 0.324. The van der Waals surface area contributed by atoms with Crippen molar-refractivity contribution in [2.75, 3.05) is 24.3 Å². The van der Waals surface area contributed by atoms with Gasteiger partial charge in [-0.1, -0.05) is 11.6 Å². The summed E-state index contributed by atoms with van der Waals surface area (Å²) >= 11 is 5.77. The molecule has 0 aromatic heterocycles. The van der Waals surface area contributed by atoms with E-state index in [4.69, 9.17) is 21.1 Å². The summed E-state index contributed by atoms with van der Waals surface area (Å²) in [5.74, 6) is -4.17. The Balaban J connectivity index is 2.24. The van der Waals surface area contributed by atoms with E-state index in [2.05, 4.69) is 10.6 Å². The maximum Gasteiger partial charge on any atom is 0.416 e. The van der Waals surface area contributed by atoms with Crippen LogP contribution in [0.15, 0.2) is 30.3 Å². The van der Waals surface area contributed by atoms with Gasteiger partial charge in [0, 0.05) is 13.1 Å². The Morgan fingerprint density at radius 2 is 1.84 bits per heavy atom. The minimum atomic E-state index is -4.76. The van der Waals surface area contributed by atoms with Gasteiger partial charge in [-0.2, -0.15) is 13.2 Å². The van der Waals surface area contributed by atoms with Gasteiger partial charge in [-0.3, -0.25) is 9.59 Å². The monoisotopic (exact) mass is 462 g/mol. The smallest absolute Gasteiger partial charge is 0.416 e. The highest BCUT2D eigenvalue weighted by molar-refractivity contribution is 6.32. The number of carbonyl (C=O) groups excluding carboxylic acids is 2. The zero-order chi connectivity index (χ0) is 23.3. The molecule has 0 heterocycles. The molecule has 0 aliphatic carbocycles. The van der Waals surface area contributed by atoms with Gasteiger partial charge in [0.1, 0.15) is 11.7 Å². The molecule has 0 saturated carbocycles. The third kappa shape index (κ3) is 6.00. The summed E-state index contributed by atoms with van der Waals surface area (Å²) in [6.07, 6.45) is -4.76. The normalized spacial score (nSPS) is 12.1. The molecule has 1 atom stereocenters. The highest BCUT2D eigenvalue weighted by Gasteiger charge is 2.32. The van der Waals surface area contributed by atoms with E-state index < -0.39 is 46.1 Å². The van der Waals surface area contributed by atoms with Gasteiger partial charge in [0.2, 0.25) is 5.91 Å². The van der Waals surface area contributed by atoms with Crippen molar-refractivity contribution in [3.8, 4) is 11.5 Å². The van der Waals surface area contributed by atoms with Gasteiger partial charge in [-0.25, -0.2) is 4.39 Å². The van der Waals surface area contributed by atoms with Crippen molar-refractivity contribution in [3.63, 3.8) is 0 Å². The molecule has 0 aliphatic rings. The highest BCUT2D eigenvalue weighted by Crippen LogP contribution is 2.39. The molecule has 0 bridgehead atoms. The van der Waals surface area contributed by atoms with Crippen LogP contribution in [-0.2, 0) is 20.5 Å². The van der Waals surface area contributed by atoms with E-state index in [0.717, 1.165) is 0 Å². The van der Waals surface area contributed by atoms with E-state index in [1.54, 1.807) is 6.92 Å². The molecule has 0 radical (unpaired) electrons. The predicted octanol–water partition coefficient (Wildman–Crippen LogP) is 5.47. The van der Waals surface area contributed by atoms with Crippen molar-refractivity contribution in [1.29, 1.82) is 0 Å². The largest absolute Gasteiger partial charge is 0.465 e. The number of benzene rings is 2. The van der Waals surface area contributed by atoms with Crippen LogP contribution >= 0.6 is 11.6 Å². The van der Waals surface area contributed by atoms with E-state index in [1.165, 1.54) is 32.2 Å². The summed E-state index contributed by atoms with van der Waals surface area (Å²) in [6.45, 7) is 3.14. The number of carbonyl (C=O) groups is 2. The Bertz CT molecular complexity index is 959. The summed E-state index contributed by atoms with van der Waals surface area (Å²) in [5, 5.41) is 4.79. The van der Waals surface area contributed by atoms with E-state index in [9.17, 15) is 27.2 Å². The lowest BCUT2D eigenvalue weighted by atomic mass is 10.1. The number of ether oxygens (including phenoxy) is 2. The standard InChI is InChI=1S/C20H19ClF4N2O4/c1-4-30-19(29)10(2)18(28)27-15-6-5-12(9-16(15)26-3)31-17-13(21)7-11(8-14(17)22)20(23,24)25/h5-10,26H,4H2,1-3H3,(H,27,28). The molecular weight excluding hydrogens is 444 g/mol. The van der Waals surface area contributed by atoms with Gasteiger partial charge in [-0.15, -0.1) is 0 Å². The lowest BCUT2D eigenvalue weighted by molar-refractivity contribution is -0.150. The predicted molar refractivity (Wildman–Crippen MR) is 107 cm³/mol. The second-order valence-electron chi connectivity index (χ2n) is 6.29. The lowest BCUT2D eigenvalue weighted by Crippen LogP contribution is -2.29. The number of nitrogens with one attached hydrogen (secondary N) is 2. The summed E-state index contributed by atoms with van der Waals surface area (Å²) in [5.41, 5.74) is -0.618. The Kier molecular flexibility index (Phi) is 7.72. The van der Waals surface area contributed by atoms with Gasteiger partial charge >= 0.3 is 12.1 Å². The second-order valence-corrected chi connectivity index (χ2v) is 6.70. The first-order valence-corrected chi connectivity index (χ1v) is 9.39. The molecular formula is C20H19ClF4N2O4. The van der Waals surface area contributed by atoms with Gasteiger partial charge in [0.15, 0.2) is 11.6 Å². The van der Waals surface area contributed by atoms with Gasteiger partial charge in [-0.05, 0) is 38.1 Å². The first-order chi connectivity index (χ1) is 14.5. The molecule has 168 valence electrons. The van der Waals surface area contributed by atoms with Crippen molar-refractivity contribution < 1.29 is 36.6 Å².